The Labute approximate surface area is 179 Å². The van der Waals surface area contributed by atoms with Gasteiger partial charge in [-0.2, -0.15) is 0 Å². The Balaban J connectivity index is 1.81. The van der Waals surface area contributed by atoms with Crippen molar-refractivity contribution in [1.29, 1.82) is 0 Å². The first-order chi connectivity index (χ1) is 15.0. The molecule has 5 nitrogen and oxygen atoms in total. The minimum absolute atomic E-state index is 0.0525. The molecular formula is C24H23F2NO4. The fraction of sp³-hybridized carbons (Fsp3) is 0.208. The van der Waals surface area contributed by atoms with Crippen molar-refractivity contribution in [3.05, 3.63) is 71.8 Å². The number of anilines is 1. The molecule has 7 heteroatoms. The summed E-state index contributed by atoms with van der Waals surface area (Å²) in [6.45, 7) is 0. The van der Waals surface area contributed by atoms with Crippen molar-refractivity contribution in [3.8, 4) is 28.4 Å². The predicted octanol–water partition coefficient (Wildman–Crippen LogP) is 5.23. The molecule has 3 aromatic carbocycles. The van der Waals surface area contributed by atoms with Gasteiger partial charge in [-0.3, -0.25) is 4.79 Å². The average Bonchev–Trinajstić information content (AvgIpc) is 2.78. The standard InChI is InChI=1S/C24H23F2NO4/c1-29-20-11-9-16(23(30-2)24(20)31-3)10-12-21(28)27-22-18(13-17(25)14-19(22)26)15-7-5-4-6-8-15/h4-9,11,13-14H,10,12H2,1-3H3,(H,27,28). The Bertz CT molecular complexity index is 1070. The van der Waals surface area contributed by atoms with E-state index in [1.165, 1.54) is 27.4 Å². The summed E-state index contributed by atoms with van der Waals surface area (Å²) in [7, 11) is 4.52. The number of rotatable bonds is 8. The molecule has 3 aromatic rings. The number of halogens is 2. The summed E-state index contributed by atoms with van der Waals surface area (Å²) in [5.41, 5.74) is 1.54. The van der Waals surface area contributed by atoms with Gasteiger partial charge >= 0.3 is 0 Å². The first-order valence-electron chi connectivity index (χ1n) is 9.60. The Morgan fingerprint density at radius 3 is 2.26 bits per heavy atom. The zero-order valence-electron chi connectivity index (χ0n) is 17.5. The third-order valence-electron chi connectivity index (χ3n) is 4.81. The van der Waals surface area contributed by atoms with Gasteiger partial charge in [-0.25, -0.2) is 8.78 Å². The van der Waals surface area contributed by atoms with Gasteiger partial charge in [-0.1, -0.05) is 36.4 Å². The molecule has 0 aliphatic carbocycles. The minimum atomic E-state index is -0.837. The van der Waals surface area contributed by atoms with Crippen LogP contribution in [0.15, 0.2) is 54.6 Å². The molecule has 0 aromatic heterocycles. The minimum Gasteiger partial charge on any atom is -0.493 e. The van der Waals surface area contributed by atoms with Crippen molar-refractivity contribution in [1.82, 2.24) is 0 Å². The quantitative estimate of drug-likeness (QED) is 0.535. The summed E-state index contributed by atoms with van der Waals surface area (Å²) >= 11 is 0. The zero-order valence-corrected chi connectivity index (χ0v) is 17.5. The molecule has 0 aliphatic rings. The van der Waals surface area contributed by atoms with Gasteiger partial charge in [0.1, 0.15) is 11.6 Å². The van der Waals surface area contributed by atoms with Crippen LogP contribution in [0.25, 0.3) is 11.1 Å². The van der Waals surface area contributed by atoms with Crippen LogP contribution in [0.3, 0.4) is 0 Å². The molecule has 0 bridgehead atoms. The Morgan fingerprint density at radius 1 is 0.903 bits per heavy atom. The predicted molar refractivity (Wildman–Crippen MR) is 115 cm³/mol. The van der Waals surface area contributed by atoms with Crippen LogP contribution in [-0.2, 0) is 11.2 Å². The highest BCUT2D eigenvalue weighted by Gasteiger charge is 2.18. The van der Waals surface area contributed by atoms with Crippen molar-refractivity contribution in [2.24, 2.45) is 0 Å². The fourth-order valence-electron chi connectivity index (χ4n) is 3.36. The third-order valence-corrected chi connectivity index (χ3v) is 4.81. The van der Waals surface area contributed by atoms with Crippen LogP contribution in [-0.4, -0.2) is 27.2 Å². The number of benzene rings is 3. The molecule has 162 valence electrons. The van der Waals surface area contributed by atoms with E-state index in [1.807, 2.05) is 0 Å². The molecule has 1 amide bonds. The fourth-order valence-corrected chi connectivity index (χ4v) is 3.36. The largest absolute Gasteiger partial charge is 0.493 e. The number of hydrogen-bond donors (Lipinski definition) is 1. The lowest BCUT2D eigenvalue weighted by molar-refractivity contribution is -0.116. The molecule has 0 aliphatic heterocycles. The summed E-state index contributed by atoms with van der Waals surface area (Å²) in [6.07, 6.45) is 0.371. The third kappa shape index (κ3) is 4.94. The monoisotopic (exact) mass is 427 g/mol. The number of hydrogen-bond acceptors (Lipinski definition) is 4. The molecule has 3 rings (SSSR count). The molecule has 0 unspecified atom stereocenters. The van der Waals surface area contributed by atoms with E-state index in [0.29, 0.717) is 29.2 Å². The maximum atomic E-state index is 14.5. The SMILES string of the molecule is COc1ccc(CCC(=O)Nc2c(F)cc(F)cc2-c2ccccc2)c(OC)c1OC. The number of ether oxygens (including phenoxy) is 3. The van der Waals surface area contributed by atoms with Gasteiger partial charge in [-0.15, -0.1) is 0 Å². The maximum Gasteiger partial charge on any atom is 0.224 e. The molecule has 0 saturated carbocycles. The number of nitrogens with one attached hydrogen (secondary N) is 1. The van der Waals surface area contributed by atoms with Crippen LogP contribution in [0, 0.1) is 11.6 Å². The first-order valence-corrected chi connectivity index (χ1v) is 9.60. The topological polar surface area (TPSA) is 56.8 Å². The van der Waals surface area contributed by atoms with Gasteiger partial charge in [0.25, 0.3) is 0 Å². The molecule has 0 heterocycles. The second kappa shape index (κ2) is 9.93. The summed E-state index contributed by atoms with van der Waals surface area (Å²) in [5.74, 6) is -0.570. The second-order valence-corrected chi connectivity index (χ2v) is 6.72. The number of aryl methyl sites for hydroxylation is 1. The van der Waals surface area contributed by atoms with E-state index in [-0.39, 0.29) is 17.7 Å². The summed E-state index contributed by atoms with van der Waals surface area (Å²) in [5, 5.41) is 2.59. The number of methoxy groups -OCH3 is 3. The lowest BCUT2D eigenvalue weighted by Crippen LogP contribution is -2.15. The molecule has 31 heavy (non-hydrogen) atoms. The Morgan fingerprint density at radius 2 is 1.61 bits per heavy atom. The van der Waals surface area contributed by atoms with Crippen LogP contribution in [0.4, 0.5) is 14.5 Å². The van der Waals surface area contributed by atoms with Crippen LogP contribution >= 0.6 is 0 Å². The van der Waals surface area contributed by atoms with Crippen molar-refractivity contribution >= 4 is 11.6 Å². The highest BCUT2D eigenvalue weighted by molar-refractivity contribution is 5.95. The highest BCUT2D eigenvalue weighted by Crippen LogP contribution is 2.40. The summed E-state index contributed by atoms with van der Waals surface area (Å²) < 4.78 is 44.4. The van der Waals surface area contributed by atoms with E-state index < -0.39 is 17.5 Å². The summed E-state index contributed by atoms with van der Waals surface area (Å²) in [4.78, 5) is 12.6. The number of amides is 1. The van der Waals surface area contributed by atoms with E-state index in [4.69, 9.17) is 14.2 Å². The second-order valence-electron chi connectivity index (χ2n) is 6.72. The number of carbonyl (C=O) groups is 1. The normalized spacial score (nSPS) is 10.5. The van der Waals surface area contributed by atoms with Gasteiger partial charge in [0.2, 0.25) is 11.7 Å². The molecule has 0 atom stereocenters. The van der Waals surface area contributed by atoms with Crippen molar-refractivity contribution in [3.63, 3.8) is 0 Å². The molecule has 1 N–H and O–H groups in total. The van der Waals surface area contributed by atoms with E-state index in [9.17, 15) is 13.6 Å². The van der Waals surface area contributed by atoms with Crippen molar-refractivity contribution in [2.75, 3.05) is 26.6 Å². The van der Waals surface area contributed by atoms with Gasteiger partial charge < -0.3 is 19.5 Å². The maximum absolute atomic E-state index is 14.5. The first kappa shape index (κ1) is 22.1. The van der Waals surface area contributed by atoms with Gasteiger partial charge in [-0.05, 0) is 29.7 Å². The van der Waals surface area contributed by atoms with E-state index >= 15 is 0 Å². The Hall–Kier alpha value is -3.61. The van der Waals surface area contributed by atoms with Crippen LogP contribution in [0.1, 0.15) is 12.0 Å². The molecular weight excluding hydrogens is 404 g/mol. The molecule has 0 fully saturated rings. The molecule has 0 radical (unpaired) electrons. The van der Waals surface area contributed by atoms with E-state index in [1.54, 1.807) is 42.5 Å². The number of carbonyl (C=O) groups excluding carboxylic acids is 1. The lowest BCUT2D eigenvalue weighted by atomic mass is 10.0. The van der Waals surface area contributed by atoms with Crippen LogP contribution < -0.4 is 19.5 Å². The van der Waals surface area contributed by atoms with Crippen LogP contribution in [0.2, 0.25) is 0 Å². The lowest BCUT2D eigenvalue weighted by Gasteiger charge is -2.16. The van der Waals surface area contributed by atoms with E-state index in [2.05, 4.69) is 5.32 Å². The summed E-state index contributed by atoms with van der Waals surface area (Å²) in [6, 6.07) is 14.2. The van der Waals surface area contributed by atoms with Gasteiger partial charge in [0.05, 0.1) is 27.0 Å². The van der Waals surface area contributed by atoms with E-state index in [0.717, 1.165) is 11.6 Å². The average molecular weight is 427 g/mol. The smallest absolute Gasteiger partial charge is 0.224 e. The van der Waals surface area contributed by atoms with Gasteiger partial charge in [0.15, 0.2) is 11.5 Å². The van der Waals surface area contributed by atoms with Crippen LogP contribution in [0.5, 0.6) is 17.2 Å². The molecule has 0 spiro atoms. The van der Waals surface area contributed by atoms with Crippen molar-refractivity contribution < 1.29 is 27.8 Å². The van der Waals surface area contributed by atoms with Crippen molar-refractivity contribution in [2.45, 2.75) is 12.8 Å². The molecule has 0 saturated heterocycles. The zero-order chi connectivity index (χ0) is 22.4. The Kier molecular flexibility index (Phi) is 7.07. The highest BCUT2D eigenvalue weighted by atomic mass is 19.1. The van der Waals surface area contributed by atoms with Gasteiger partial charge in [0, 0.05) is 18.1 Å².